The molecule has 1 unspecified atom stereocenters. The number of carbonyl (C=O) groups is 2. The molecule has 0 radical (unpaired) electrons. The van der Waals surface area contributed by atoms with E-state index in [0.717, 1.165) is 0 Å². The molecule has 0 aliphatic carbocycles. The summed E-state index contributed by atoms with van der Waals surface area (Å²) in [6, 6.07) is 5.90. The molecule has 1 rings (SSSR count). The highest BCUT2D eigenvalue weighted by Gasteiger charge is 2.19. The number of rotatable bonds is 6. The monoisotopic (exact) mass is 294 g/mol. The first-order valence-electron chi connectivity index (χ1n) is 6.88. The molecule has 21 heavy (non-hydrogen) atoms. The van der Waals surface area contributed by atoms with E-state index in [0.29, 0.717) is 12.8 Å². The van der Waals surface area contributed by atoms with Crippen LogP contribution in [0.1, 0.15) is 54.3 Å². The smallest absolute Gasteiger partial charge is 0.339 e. The van der Waals surface area contributed by atoms with Crippen LogP contribution in [0, 0.1) is 5.41 Å². The standard InChI is InChI=1S/C16H22O5/c1-16(2,3)10-11(17)8-9-21-15(20)13-7-5-4-6-12(13)14(18)19/h4-7,11,17H,8-10H2,1-3H3,(H,18,19). The summed E-state index contributed by atoms with van der Waals surface area (Å²) in [4.78, 5) is 22.9. The molecule has 0 heterocycles. The lowest BCUT2D eigenvalue weighted by molar-refractivity contribution is 0.0382. The molecule has 1 atom stereocenters. The van der Waals surface area contributed by atoms with Gasteiger partial charge in [0.25, 0.3) is 0 Å². The first kappa shape index (κ1) is 17.2. The number of aliphatic hydroxyl groups is 1. The molecular formula is C16H22O5. The number of benzene rings is 1. The van der Waals surface area contributed by atoms with Gasteiger partial charge < -0.3 is 14.9 Å². The van der Waals surface area contributed by atoms with Gasteiger partial charge in [0, 0.05) is 6.42 Å². The Labute approximate surface area is 124 Å². The minimum atomic E-state index is -1.17. The van der Waals surface area contributed by atoms with Gasteiger partial charge in [0.2, 0.25) is 0 Å². The zero-order chi connectivity index (χ0) is 16.0. The maximum atomic E-state index is 11.9. The van der Waals surface area contributed by atoms with E-state index in [-0.39, 0.29) is 23.1 Å². The third-order valence-corrected chi connectivity index (χ3v) is 2.91. The van der Waals surface area contributed by atoms with Gasteiger partial charge in [0.1, 0.15) is 0 Å². The Morgan fingerprint density at radius 2 is 1.76 bits per heavy atom. The van der Waals surface area contributed by atoms with Gasteiger partial charge in [-0.2, -0.15) is 0 Å². The quantitative estimate of drug-likeness (QED) is 0.788. The lowest BCUT2D eigenvalue weighted by Crippen LogP contribution is -2.20. The van der Waals surface area contributed by atoms with Crippen molar-refractivity contribution in [3.05, 3.63) is 35.4 Å². The zero-order valence-electron chi connectivity index (χ0n) is 12.6. The van der Waals surface area contributed by atoms with E-state index in [2.05, 4.69) is 0 Å². The van der Waals surface area contributed by atoms with E-state index >= 15 is 0 Å². The molecular weight excluding hydrogens is 272 g/mol. The average molecular weight is 294 g/mol. The number of hydrogen-bond donors (Lipinski definition) is 2. The highest BCUT2D eigenvalue weighted by molar-refractivity contribution is 6.02. The van der Waals surface area contributed by atoms with Gasteiger partial charge in [0.05, 0.1) is 23.8 Å². The highest BCUT2D eigenvalue weighted by Crippen LogP contribution is 2.22. The van der Waals surface area contributed by atoms with Crippen LogP contribution >= 0.6 is 0 Å². The Hall–Kier alpha value is -1.88. The Morgan fingerprint density at radius 3 is 2.29 bits per heavy atom. The number of carboxylic acid groups (broad SMARTS) is 1. The Bertz CT molecular complexity index is 502. The van der Waals surface area contributed by atoms with E-state index in [1.807, 2.05) is 20.8 Å². The van der Waals surface area contributed by atoms with Crippen LogP contribution in [0.3, 0.4) is 0 Å². The van der Waals surface area contributed by atoms with E-state index in [4.69, 9.17) is 9.84 Å². The maximum absolute atomic E-state index is 11.9. The molecule has 0 spiro atoms. The van der Waals surface area contributed by atoms with Crippen LogP contribution in [-0.2, 0) is 4.74 Å². The lowest BCUT2D eigenvalue weighted by Gasteiger charge is -2.22. The molecule has 0 aliphatic heterocycles. The van der Waals surface area contributed by atoms with Crippen molar-refractivity contribution in [2.24, 2.45) is 5.41 Å². The third kappa shape index (κ3) is 5.95. The van der Waals surface area contributed by atoms with Crippen LogP contribution in [0.2, 0.25) is 0 Å². The second-order valence-corrected chi connectivity index (χ2v) is 6.19. The van der Waals surface area contributed by atoms with Crippen molar-refractivity contribution >= 4 is 11.9 Å². The van der Waals surface area contributed by atoms with Gasteiger partial charge in [0.15, 0.2) is 0 Å². The molecule has 0 aromatic heterocycles. The molecule has 0 fully saturated rings. The second-order valence-electron chi connectivity index (χ2n) is 6.19. The Morgan fingerprint density at radius 1 is 1.19 bits per heavy atom. The SMILES string of the molecule is CC(C)(C)CC(O)CCOC(=O)c1ccccc1C(=O)O. The number of ether oxygens (including phenoxy) is 1. The fourth-order valence-corrected chi connectivity index (χ4v) is 2.02. The molecule has 5 nitrogen and oxygen atoms in total. The van der Waals surface area contributed by atoms with E-state index in [1.165, 1.54) is 12.1 Å². The van der Waals surface area contributed by atoms with Crippen LogP contribution in [0.15, 0.2) is 24.3 Å². The first-order valence-corrected chi connectivity index (χ1v) is 6.88. The van der Waals surface area contributed by atoms with Gasteiger partial charge in [-0.25, -0.2) is 9.59 Å². The van der Waals surface area contributed by atoms with Crippen molar-refractivity contribution < 1.29 is 24.5 Å². The molecule has 1 aromatic rings. The van der Waals surface area contributed by atoms with Crippen molar-refractivity contribution in [3.63, 3.8) is 0 Å². The molecule has 0 bridgehead atoms. The number of carboxylic acids is 1. The Balaban J connectivity index is 2.54. The molecule has 1 aromatic carbocycles. The minimum absolute atomic E-state index is 0.000662. The number of esters is 1. The van der Waals surface area contributed by atoms with Gasteiger partial charge in [-0.15, -0.1) is 0 Å². The summed E-state index contributed by atoms with van der Waals surface area (Å²) in [5, 5.41) is 18.8. The fraction of sp³-hybridized carbons (Fsp3) is 0.500. The summed E-state index contributed by atoms with van der Waals surface area (Å²) in [6.07, 6.45) is 0.390. The van der Waals surface area contributed by atoms with Crippen molar-refractivity contribution in [2.45, 2.75) is 39.7 Å². The van der Waals surface area contributed by atoms with Crippen molar-refractivity contribution in [3.8, 4) is 0 Å². The van der Waals surface area contributed by atoms with E-state index in [1.54, 1.807) is 12.1 Å². The summed E-state index contributed by atoms with van der Waals surface area (Å²) in [5.74, 6) is -1.86. The number of aliphatic hydroxyl groups excluding tert-OH is 1. The fourth-order valence-electron chi connectivity index (χ4n) is 2.02. The van der Waals surface area contributed by atoms with E-state index < -0.39 is 18.0 Å². The maximum Gasteiger partial charge on any atom is 0.339 e. The van der Waals surface area contributed by atoms with Gasteiger partial charge >= 0.3 is 11.9 Å². The first-order chi connectivity index (χ1) is 9.70. The van der Waals surface area contributed by atoms with E-state index in [9.17, 15) is 14.7 Å². The summed E-state index contributed by atoms with van der Waals surface area (Å²) in [6.45, 7) is 6.12. The zero-order valence-corrected chi connectivity index (χ0v) is 12.6. The highest BCUT2D eigenvalue weighted by atomic mass is 16.5. The minimum Gasteiger partial charge on any atom is -0.478 e. The van der Waals surface area contributed by atoms with Gasteiger partial charge in [-0.05, 0) is 24.0 Å². The average Bonchev–Trinajstić information content (AvgIpc) is 2.36. The number of aromatic carboxylic acids is 1. The molecule has 5 heteroatoms. The molecule has 0 aliphatic rings. The molecule has 0 saturated carbocycles. The normalized spacial score (nSPS) is 12.8. The van der Waals surface area contributed by atoms with Crippen molar-refractivity contribution in [2.75, 3.05) is 6.61 Å². The number of hydrogen-bond acceptors (Lipinski definition) is 4. The number of carbonyl (C=O) groups excluding carboxylic acids is 1. The summed E-state index contributed by atoms with van der Waals surface area (Å²) >= 11 is 0. The van der Waals surface area contributed by atoms with Crippen LogP contribution in [-0.4, -0.2) is 34.9 Å². The predicted molar refractivity (Wildman–Crippen MR) is 78.4 cm³/mol. The summed E-state index contributed by atoms with van der Waals surface area (Å²) in [5.41, 5.74) is -0.0627. The third-order valence-electron chi connectivity index (χ3n) is 2.91. The molecule has 116 valence electrons. The molecule has 0 amide bonds. The predicted octanol–water partition coefficient (Wildman–Crippen LogP) is 2.73. The summed E-state index contributed by atoms with van der Waals surface area (Å²) in [7, 11) is 0. The molecule has 0 saturated heterocycles. The topological polar surface area (TPSA) is 83.8 Å². The van der Waals surface area contributed by atoms with Crippen molar-refractivity contribution in [1.82, 2.24) is 0 Å². The van der Waals surface area contributed by atoms with Gasteiger partial charge in [-0.1, -0.05) is 32.9 Å². The lowest BCUT2D eigenvalue weighted by atomic mass is 9.88. The van der Waals surface area contributed by atoms with Crippen LogP contribution in [0.4, 0.5) is 0 Å². The molecule has 2 N–H and O–H groups in total. The van der Waals surface area contributed by atoms with Crippen molar-refractivity contribution in [1.29, 1.82) is 0 Å². The van der Waals surface area contributed by atoms with Crippen LogP contribution in [0.25, 0.3) is 0 Å². The second kappa shape index (κ2) is 7.22. The van der Waals surface area contributed by atoms with Crippen LogP contribution in [0.5, 0.6) is 0 Å². The van der Waals surface area contributed by atoms with Gasteiger partial charge in [-0.3, -0.25) is 0 Å². The largest absolute Gasteiger partial charge is 0.478 e. The Kier molecular flexibility index (Phi) is 5.90. The van der Waals surface area contributed by atoms with Crippen LogP contribution < -0.4 is 0 Å². The summed E-state index contributed by atoms with van der Waals surface area (Å²) < 4.78 is 5.04.